The molecule has 3 rings (SSSR count). The summed E-state index contributed by atoms with van der Waals surface area (Å²) in [5.41, 5.74) is -0.0342. The van der Waals surface area contributed by atoms with E-state index in [1.807, 2.05) is 0 Å². The van der Waals surface area contributed by atoms with Crippen molar-refractivity contribution in [1.29, 1.82) is 0 Å². The summed E-state index contributed by atoms with van der Waals surface area (Å²) in [6, 6.07) is 4.60. The van der Waals surface area contributed by atoms with Crippen LogP contribution in [0.15, 0.2) is 39.9 Å². The summed E-state index contributed by atoms with van der Waals surface area (Å²) >= 11 is 0. The first kappa shape index (κ1) is 16.8. The van der Waals surface area contributed by atoms with Crippen molar-refractivity contribution in [3.8, 4) is 0 Å². The van der Waals surface area contributed by atoms with Crippen molar-refractivity contribution in [2.45, 2.75) is 19.4 Å². The zero-order valence-corrected chi connectivity index (χ0v) is 13.8. The van der Waals surface area contributed by atoms with Crippen molar-refractivity contribution >= 4 is 11.6 Å². The molecule has 0 fully saturated rings. The standard InChI is InChI=1S/C16H17N5O4/c1-10(15-19-12(20-25-15)6-8-24-2)18-14(22)11-9-17-13-5-3-4-7-21(13)16(11)23/h3-5,7,9-10H,6,8H2,1-2H3,(H,18,22). The maximum absolute atomic E-state index is 12.4. The Morgan fingerprint density at radius 1 is 1.44 bits per heavy atom. The van der Waals surface area contributed by atoms with E-state index in [-0.39, 0.29) is 11.5 Å². The van der Waals surface area contributed by atoms with Crippen molar-refractivity contribution in [2.75, 3.05) is 13.7 Å². The van der Waals surface area contributed by atoms with E-state index in [2.05, 4.69) is 20.4 Å². The molecule has 3 heterocycles. The Hall–Kier alpha value is -3.07. The van der Waals surface area contributed by atoms with Gasteiger partial charge in [0.1, 0.15) is 17.3 Å². The lowest BCUT2D eigenvalue weighted by Gasteiger charge is -2.09. The molecule has 0 aliphatic rings. The van der Waals surface area contributed by atoms with Gasteiger partial charge in [-0.05, 0) is 19.1 Å². The van der Waals surface area contributed by atoms with Crippen LogP contribution in [0.1, 0.15) is 35.0 Å². The lowest BCUT2D eigenvalue weighted by atomic mass is 10.2. The molecule has 130 valence electrons. The van der Waals surface area contributed by atoms with Crippen LogP contribution in [0.25, 0.3) is 5.65 Å². The van der Waals surface area contributed by atoms with Crippen LogP contribution in [0.4, 0.5) is 0 Å². The SMILES string of the molecule is COCCc1noc(C(C)NC(=O)c2cnc3ccccn3c2=O)n1. The summed E-state index contributed by atoms with van der Waals surface area (Å²) in [6.07, 6.45) is 3.33. The zero-order valence-electron chi connectivity index (χ0n) is 13.8. The molecule has 25 heavy (non-hydrogen) atoms. The van der Waals surface area contributed by atoms with Gasteiger partial charge in [0.05, 0.1) is 6.61 Å². The molecule has 0 bridgehead atoms. The zero-order chi connectivity index (χ0) is 17.8. The van der Waals surface area contributed by atoms with Gasteiger partial charge in [0, 0.05) is 25.9 Å². The van der Waals surface area contributed by atoms with E-state index in [0.717, 1.165) is 0 Å². The summed E-state index contributed by atoms with van der Waals surface area (Å²) in [5, 5.41) is 6.49. The van der Waals surface area contributed by atoms with Gasteiger partial charge in [-0.25, -0.2) is 4.98 Å². The summed E-state index contributed by atoms with van der Waals surface area (Å²) < 4.78 is 11.4. The van der Waals surface area contributed by atoms with Gasteiger partial charge < -0.3 is 14.6 Å². The first-order valence-electron chi connectivity index (χ1n) is 7.69. The number of nitrogens with zero attached hydrogens (tertiary/aromatic N) is 4. The van der Waals surface area contributed by atoms with E-state index in [9.17, 15) is 9.59 Å². The number of hydrogen-bond acceptors (Lipinski definition) is 7. The number of fused-ring (bicyclic) bond motifs is 1. The molecule has 1 amide bonds. The third kappa shape index (κ3) is 3.56. The van der Waals surface area contributed by atoms with Crippen molar-refractivity contribution in [1.82, 2.24) is 24.8 Å². The highest BCUT2D eigenvalue weighted by Crippen LogP contribution is 2.10. The predicted octanol–water partition coefficient (Wildman–Crippen LogP) is 0.757. The smallest absolute Gasteiger partial charge is 0.270 e. The van der Waals surface area contributed by atoms with Gasteiger partial charge in [0.25, 0.3) is 11.5 Å². The molecule has 0 spiro atoms. The minimum absolute atomic E-state index is 0.0605. The second-order valence-corrected chi connectivity index (χ2v) is 5.39. The van der Waals surface area contributed by atoms with Crippen LogP contribution in [0.5, 0.6) is 0 Å². The number of methoxy groups -OCH3 is 1. The number of nitrogens with one attached hydrogen (secondary N) is 1. The van der Waals surface area contributed by atoms with Crippen LogP contribution in [-0.4, -0.2) is 39.1 Å². The largest absolute Gasteiger partial charge is 0.384 e. The van der Waals surface area contributed by atoms with Gasteiger partial charge in [-0.1, -0.05) is 11.2 Å². The van der Waals surface area contributed by atoms with E-state index >= 15 is 0 Å². The monoisotopic (exact) mass is 343 g/mol. The number of pyridine rings is 1. The van der Waals surface area contributed by atoms with Crippen LogP contribution in [0, 0.1) is 0 Å². The molecule has 9 nitrogen and oxygen atoms in total. The van der Waals surface area contributed by atoms with E-state index in [4.69, 9.17) is 9.26 Å². The summed E-state index contributed by atoms with van der Waals surface area (Å²) in [4.78, 5) is 33.1. The molecule has 0 aromatic carbocycles. The molecule has 0 aliphatic heterocycles. The number of carbonyl (C=O) groups is 1. The maximum Gasteiger partial charge on any atom is 0.270 e. The van der Waals surface area contributed by atoms with Gasteiger partial charge in [0.2, 0.25) is 5.89 Å². The molecule has 0 aliphatic carbocycles. The molecular formula is C16H17N5O4. The van der Waals surface area contributed by atoms with Crippen LogP contribution < -0.4 is 10.9 Å². The van der Waals surface area contributed by atoms with Crippen LogP contribution in [0.3, 0.4) is 0 Å². The van der Waals surface area contributed by atoms with Crippen molar-refractivity contribution in [3.63, 3.8) is 0 Å². The third-order valence-corrected chi connectivity index (χ3v) is 3.59. The van der Waals surface area contributed by atoms with Gasteiger partial charge in [-0.2, -0.15) is 4.98 Å². The Labute approximate surface area is 142 Å². The van der Waals surface area contributed by atoms with Crippen molar-refractivity contribution in [2.24, 2.45) is 0 Å². The number of ether oxygens (including phenoxy) is 1. The van der Waals surface area contributed by atoms with Crippen molar-refractivity contribution in [3.05, 3.63) is 58.2 Å². The topological polar surface area (TPSA) is 112 Å². The molecule has 1 atom stereocenters. The number of aromatic nitrogens is 4. The van der Waals surface area contributed by atoms with E-state index in [1.54, 1.807) is 38.4 Å². The highest BCUT2D eigenvalue weighted by atomic mass is 16.5. The first-order valence-corrected chi connectivity index (χ1v) is 7.69. The normalized spacial score (nSPS) is 12.2. The number of rotatable bonds is 6. The second kappa shape index (κ2) is 7.22. The van der Waals surface area contributed by atoms with Gasteiger partial charge in [-0.15, -0.1) is 0 Å². The summed E-state index contributed by atoms with van der Waals surface area (Å²) in [7, 11) is 1.58. The Morgan fingerprint density at radius 2 is 2.28 bits per heavy atom. The summed E-state index contributed by atoms with van der Waals surface area (Å²) in [6.45, 7) is 2.16. The Morgan fingerprint density at radius 3 is 3.08 bits per heavy atom. The average Bonchev–Trinajstić information content (AvgIpc) is 3.09. The fourth-order valence-electron chi connectivity index (χ4n) is 2.26. The van der Waals surface area contributed by atoms with E-state index in [0.29, 0.717) is 24.5 Å². The van der Waals surface area contributed by atoms with Gasteiger partial charge in [-0.3, -0.25) is 14.0 Å². The second-order valence-electron chi connectivity index (χ2n) is 5.39. The number of carbonyl (C=O) groups excluding carboxylic acids is 1. The highest BCUT2D eigenvalue weighted by Gasteiger charge is 2.20. The lowest BCUT2D eigenvalue weighted by Crippen LogP contribution is -2.33. The predicted molar refractivity (Wildman–Crippen MR) is 87.2 cm³/mol. The highest BCUT2D eigenvalue weighted by molar-refractivity contribution is 5.93. The van der Waals surface area contributed by atoms with E-state index in [1.165, 1.54) is 10.6 Å². The lowest BCUT2D eigenvalue weighted by molar-refractivity contribution is 0.0930. The Balaban J connectivity index is 1.76. The number of amides is 1. The Kier molecular flexibility index (Phi) is 4.85. The average molecular weight is 343 g/mol. The molecule has 0 saturated heterocycles. The number of hydrogen-bond donors (Lipinski definition) is 1. The van der Waals surface area contributed by atoms with Crippen LogP contribution >= 0.6 is 0 Å². The molecule has 0 saturated carbocycles. The molecule has 0 radical (unpaired) electrons. The fourth-order valence-corrected chi connectivity index (χ4v) is 2.26. The van der Waals surface area contributed by atoms with Crippen LogP contribution in [0.2, 0.25) is 0 Å². The van der Waals surface area contributed by atoms with Crippen molar-refractivity contribution < 1.29 is 14.1 Å². The minimum atomic E-state index is -0.556. The minimum Gasteiger partial charge on any atom is -0.384 e. The molecule has 1 N–H and O–H groups in total. The summed E-state index contributed by atoms with van der Waals surface area (Å²) in [5.74, 6) is 0.193. The van der Waals surface area contributed by atoms with Gasteiger partial charge >= 0.3 is 0 Å². The quantitative estimate of drug-likeness (QED) is 0.703. The van der Waals surface area contributed by atoms with E-state index < -0.39 is 17.5 Å². The molecule has 1 unspecified atom stereocenters. The van der Waals surface area contributed by atoms with Gasteiger partial charge in [0.15, 0.2) is 5.82 Å². The Bertz CT molecular complexity index is 949. The van der Waals surface area contributed by atoms with Crippen LogP contribution in [-0.2, 0) is 11.2 Å². The first-order chi connectivity index (χ1) is 12.1. The molecule has 9 heteroatoms. The fraction of sp³-hybridized carbons (Fsp3) is 0.312. The third-order valence-electron chi connectivity index (χ3n) is 3.59. The molecular weight excluding hydrogens is 326 g/mol. The molecule has 3 aromatic heterocycles. The molecule has 3 aromatic rings. The maximum atomic E-state index is 12.4.